The van der Waals surface area contributed by atoms with Gasteiger partial charge in [0.25, 0.3) is 0 Å². The van der Waals surface area contributed by atoms with E-state index in [0.29, 0.717) is 5.38 Å². The maximum absolute atomic E-state index is 6.41. The van der Waals surface area contributed by atoms with Crippen molar-refractivity contribution in [3.05, 3.63) is 11.1 Å². The van der Waals surface area contributed by atoms with Gasteiger partial charge in [-0.25, -0.2) is 0 Å². The average molecular weight is 185 g/mol. The van der Waals surface area contributed by atoms with Gasteiger partial charge in [-0.3, -0.25) is 0 Å². The molecule has 1 heteroatoms. The first-order chi connectivity index (χ1) is 5.75. The quantitative estimate of drug-likeness (QED) is 0.430. The zero-order chi connectivity index (χ0) is 8.72. The molecule has 0 nitrogen and oxygen atoms in total. The third kappa shape index (κ3) is 1.04. The highest BCUT2D eigenvalue weighted by Crippen LogP contribution is 2.49. The van der Waals surface area contributed by atoms with Crippen molar-refractivity contribution in [3.63, 3.8) is 0 Å². The summed E-state index contributed by atoms with van der Waals surface area (Å²) in [4.78, 5) is 0. The van der Waals surface area contributed by atoms with Gasteiger partial charge in [-0.2, -0.15) is 0 Å². The van der Waals surface area contributed by atoms with Gasteiger partial charge < -0.3 is 0 Å². The Kier molecular flexibility index (Phi) is 2.20. The first kappa shape index (κ1) is 8.62. The molecule has 0 spiro atoms. The molecule has 2 bridgehead atoms. The van der Waals surface area contributed by atoms with Crippen LogP contribution >= 0.6 is 11.6 Å². The van der Waals surface area contributed by atoms with Crippen molar-refractivity contribution >= 4 is 11.6 Å². The summed E-state index contributed by atoms with van der Waals surface area (Å²) in [6.45, 7) is 4.56. The van der Waals surface area contributed by atoms with Gasteiger partial charge in [-0.1, -0.05) is 24.5 Å². The monoisotopic (exact) mass is 184 g/mol. The van der Waals surface area contributed by atoms with Gasteiger partial charge in [0, 0.05) is 5.38 Å². The van der Waals surface area contributed by atoms with Crippen molar-refractivity contribution in [2.45, 2.75) is 44.9 Å². The third-order valence-corrected chi connectivity index (χ3v) is 4.30. The normalized spacial score (nSPS) is 40.8. The molecule has 0 N–H and O–H groups in total. The second kappa shape index (κ2) is 3.06. The Hall–Kier alpha value is 0.0300. The molecule has 3 atom stereocenters. The van der Waals surface area contributed by atoms with Crippen LogP contribution in [0.3, 0.4) is 0 Å². The smallest absolute Gasteiger partial charge is 0.0466 e. The molecular weight excluding hydrogens is 168 g/mol. The fourth-order valence-corrected chi connectivity index (χ4v) is 3.64. The van der Waals surface area contributed by atoms with Crippen LogP contribution in [0.2, 0.25) is 0 Å². The van der Waals surface area contributed by atoms with E-state index in [2.05, 4.69) is 13.8 Å². The summed E-state index contributed by atoms with van der Waals surface area (Å²) in [7, 11) is 0. The number of halogens is 1. The minimum absolute atomic E-state index is 0.439. The van der Waals surface area contributed by atoms with E-state index in [9.17, 15) is 0 Å². The summed E-state index contributed by atoms with van der Waals surface area (Å²) in [5.41, 5.74) is 3.30. The molecule has 0 radical (unpaired) electrons. The Morgan fingerprint density at radius 1 is 1.33 bits per heavy atom. The maximum Gasteiger partial charge on any atom is 0.0466 e. The highest BCUT2D eigenvalue weighted by molar-refractivity contribution is 6.21. The number of rotatable bonds is 1. The van der Waals surface area contributed by atoms with E-state index in [1.165, 1.54) is 25.7 Å². The van der Waals surface area contributed by atoms with Crippen molar-refractivity contribution in [2.75, 3.05) is 0 Å². The molecule has 0 amide bonds. The first-order valence-electron chi connectivity index (χ1n) is 5.09. The largest absolute Gasteiger partial charge is 0.122 e. The lowest BCUT2D eigenvalue weighted by molar-refractivity contribution is 0.374. The predicted octanol–water partition coefficient (Wildman–Crippen LogP) is 3.75. The van der Waals surface area contributed by atoms with E-state index in [4.69, 9.17) is 11.6 Å². The van der Waals surface area contributed by atoms with E-state index in [0.717, 1.165) is 11.8 Å². The molecule has 2 rings (SSSR count). The third-order valence-electron chi connectivity index (χ3n) is 3.69. The molecule has 2 aliphatic rings. The van der Waals surface area contributed by atoms with Crippen LogP contribution in [0.4, 0.5) is 0 Å². The highest BCUT2D eigenvalue weighted by atomic mass is 35.5. The molecule has 3 unspecified atom stereocenters. The number of hydrogen-bond acceptors (Lipinski definition) is 0. The zero-order valence-electron chi connectivity index (χ0n) is 7.94. The summed E-state index contributed by atoms with van der Waals surface area (Å²) in [5.74, 6) is 1.45. The SMILES string of the molecule is CCC1=C(C)C2CCCC1C2Cl. The van der Waals surface area contributed by atoms with E-state index in [-0.39, 0.29) is 0 Å². The summed E-state index contributed by atoms with van der Waals surface area (Å²) in [6.07, 6.45) is 5.28. The van der Waals surface area contributed by atoms with Crippen LogP contribution < -0.4 is 0 Å². The predicted molar refractivity (Wildman–Crippen MR) is 53.5 cm³/mol. The van der Waals surface area contributed by atoms with E-state index in [1.54, 1.807) is 11.1 Å². The molecule has 0 saturated heterocycles. The standard InChI is InChI=1S/C11H17Cl/c1-3-8-7(2)9-5-4-6-10(8)11(9)12/h9-11H,3-6H2,1-2H3. The average Bonchev–Trinajstić information content (AvgIpc) is 2.22. The Morgan fingerprint density at radius 3 is 2.58 bits per heavy atom. The van der Waals surface area contributed by atoms with Gasteiger partial charge in [0.1, 0.15) is 0 Å². The topological polar surface area (TPSA) is 0 Å². The molecule has 68 valence electrons. The number of fused-ring (bicyclic) bond motifs is 2. The Labute approximate surface area is 80.0 Å². The Balaban J connectivity index is 2.31. The Bertz CT molecular complexity index is 217. The zero-order valence-corrected chi connectivity index (χ0v) is 8.69. The molecule has 0 aromatic carbocycles. The number of allylic oxidation sites excluding steroid dienone is 2. The lowest BCUT2D eigenvalue weighted by Crippen LogP contribution is -2.23. The summed E-state index contributed by atoms with van der Waals surface area (Å²) in [5, 5.41) is 0.439. The van der Waals surface area contributed by atoms with Crippen LogP contribution in [-0.2, 0) is 0 Å². The molecule has 0 aliphatic heterocycles. The molecule has 1 saturated carbocycles. The van der Waals surface area contributed by atoms with E-state index in [1.807, 2.05) is 0 Å². The van der Waals surface area contributed by atoms with E-state index >= 15 is 0 Å². The minimum Gasteiger partial charge on any atom is -0.122 e. The van der Waals surface area contributed by atoms with Gasteiger partial charge >= 0.3 is 0 Å². The van der Waals surface area contributed by atoms with E-state index < -0.39 is 0 Å². The summed E-state index contributed by atoms with van der Waals surface area (Å²) in [6, 6.07) is 0. The lowest BCUT2D eigenvalue weighted by atomic mass is 9.84. The van der Waals surface area contributed by atoms with Gasteiger partial charge in [0.2, 0.25) is 0 Å². The summed E-state index contributed by atoms with van der Waals surface area (Å²) < 4.78 is 0. The number of alkyl halides is 1. The maximum atomic E-state index is 6.41. The minimum atomic E-state index is 0.439. The molecule has 12 heavy (non-hydrogen) atoms. The molecule has 0 aromatic heterocycles. The number of hydrogen-bond donors (Lipinski definition) is 0. The van der Waals surface area contributed by atoms with Gasteiger partial charge in [0.05, 0.1) is 0 Å². The molecule has 0 aromatic rings. The van der Waals surface area contributed by atoms with Crippen molar-refractivity contribution in [2.24, 2.45) is 11.8 Å². The molecule has 1 fully saturated rings. The molecule has 2 aliphatic carbocycles. The van der Waals surface area contributed by atoms with Crippen LogP contribution in [0, 0.1) is 11.8 Å². The molecular formula is C11H17Cl. The van der Waals surface area contributed by atoms with Crippen LogP contribution in [-0.4, -0.2) is 5.38 Å². The first-order valence-corrected chi connectivity index (χ1v) is 5.53. The van der Waals surface area contributed by atoms with Gasteiger partial charge in [-0.05, 0) is 38.0 Å². The van der Waals surface area contributed by atoms with Crippen LogP contribution in [0.1, 0.15) is 39.5 Å². The lowest BCUT2D eigenvalue weighted by Gasteiger charge is -2.26. The van der Waals surface area contributed by atoms with Crippen LogP contribution in [0.15, 0.2) is 11.1 Å². The molecule has 0 heterocycles. The van der Waals surface area contributed by atoms with Crippen molar-refractivity contribution in [1.82, 2.24) is 0 Å². The summed E-state index contributed by atoms with van der Waals surface area (Å²) >= 11 is 6.41. The second-order valence-electron chi connectivity index (χ2n) is 4.15. The van der Waals surface area contributed by atoms with Crippen LogP contribution in [0.5, 0.6) is 0 Å². The van der Waals surface area contributed by atoms with Crippen molar-refractivity contribution < 1.29 is 0 Å². The Morgan fingerprint density at radius 2 is 2.00 bits per heavy atom. The van der Waals surface area contributed by atoms with Crippen LogP contribution in [0.25, 0.3) is 0 Å². The fraction of sp³-hybridized carbons (Fsp3) is 0.818. The van der Waals surface area contributed by atoms with Gasteiger partial charge in [0.15, 0.2) is 0 Å². The highest BCUT2D eigenvalue weighted by Gasteiger charge is 2.41. The van der Waals surface area contributed by atoms with Crippen molar-refractivity contribution in [3.8, 4) is 0 Å². The second-order valence-corrected chi connectivity index (χ2v) is 4.65. The van der Waals surface area contributed by atoms with Gasteiger partial charge in [-0.15, -0.1) is 11.6 Å². The van der Waals surface area contributed by atoms with Crippen molar-refractivity contribution in [1.29, 1.82) is 0 Å². The fourth-order valence-electron chi connectivity index (χ4n) is 3.05.